The first-order valence-corrected chi connectivity index (χ1v) is 4.42. The van der Waals surface area contributed by atoms with Crippen molar-refractivity contribution in [3.63, 3.8) is 0 Å². The summed E-state index contributed by atoms with van der Waals surface area (Å²) in [5.74, 6) is 0. The van der Waals surface area contributed by atoms with Gasteiger partial charge in [-0.05, 0) is 19.3 Å². The van der Waals surface area contributed by atoms with Gasteiger partial charge in [0.25, 0.3) is 0 Å². The van der Waals surface area contributed by atoms with Crippen molar-refractivity contribution in [3.8, 4) is 0 Å². The fraction of sp³-hybridized carbons (Fsp3) is 0.889. The Bertz CT molecular complexity index is 149. The molecule has 0 aromatic heterocycles. The lowest BCUT2D eigenvalue weighted by atomic mass is 9.88. The lowest BCUT2D eigenvalue weighted by Crippen LogP contribution is -2.46. The fourth-order valence-electron chi connectivity index (χ4n) is 0.625. The van der Waals surface area contributed by atoms with E-state index in [4.69, 9.17) is 0 Å². The van der Waals surface area contributed by atoms with Crippen LogP contribution in [0, 0.1) is 5.41 Å². The average molecular weight is 172 g/mol. The summed E-state index contributed by atoms with van der Waals surface area (Å²) in [7, 11) is 0. The van der Waals surface area contributed by atoms with E-state index in [9.17, 15) is 4.79 Å². The summed E-state index contributed by atoms with van der Waals surface area (Å²) in [6.45, 7) is 10.9. The standard InChI is InChI=1S/C9H20N2O/c1-6-10-8(12)11-7(2)9(3,4)5/h7H,6H2,1-5H3,(H2,10,11,12)/t7-/m0/s1. The molecule has 0 radical (unpaired) electrons. The Morgan fingerprint density at radius 1 is 1.42 bits per heavy atom. The molecule has 0 aromatic rings. The molecule has 0 aromatic carbocycles. The zero-order valence-corrected chi connectivity index (χ0v) is 8.69. The number of carbonyl (C=O) groups is 1. The summed E-state index contributed by atoms with van der Waals surface area (Å²) in [5, 5.41) is 5.57. The Labute approximate surface area is 74.9 Å². The molecule has 0 fully saturated rings. The minimum Gasteiger partial charge on any atom is -0.338 e. The van der Waals surface area contributed by atoms with E-state index < -0.39 is 0 Å². The van der Waals surface area contributed by atoms with Gasteiger partial charge in [-0.15, -0.1) is 0 Å². The number of rotatable bonds is 2. The first-order valence-electron chi connectivity index (χ1n) is 4.42. The van der Waals surface area contributed by atoms with Crippen LogP contribution in [0.1, 0.15) is 34.6 Å². The van der Waals surface area contributed by atoms with Crippen LogP contribution in [0.3, 0.4) is 0 Å². The SMILES string of the molecule is CCNC(=O)N[C@@H](C)C(C)(C)C. The maximum absolute atomic E-state index is 11.1. The van der Waals surface area contributed by atoms with Crippen molar-refractivity contribution in [2.24, 2.45) is 5.41 Å². The van der Waals surface area contributed by atoms with Gasteiger partial charge in [-0.25, -0.2) is 4.79 Å². The number of nitrogens with one attached hydrogen (secondary N) is 2. The normalized spacial score (nSPS) is 13.8. The number of urea groups is 1. The topological polar surface area (TPSA) is 41.1 Å². The van der Waals surface area contributed by atoms with Crippen molar-refractivity contribution in [1.29, 1.82) is 0 Å². The van der Waals surface area contributed by atoms with E-state index in [1.165, 1.54) is 0 Å². The molecule has 3 heteroatoms. The van der Waals surface area contributed by atoms with Gasteiger partial charge in [-0.2, -0.15) is 0 Å². The summed E-state index contributed by atoms with van der Waals surface area (Å²) in [6.07, 6.45) is 0. The molecule has 0 aliphatic carbocycles. The summed E-state index contributed by atoms with van der Waals surface area (Å²) in [5.41, 5.74) is 0.116. The van der Waals surface area contributed by atoms with Crippen LogP contribution >= 0.6 is 0 Å². The van der Waals surface area contributed by atoms with Gasteiger partial charge >= 0.3 is 6.03 Å². The summed E-state index contributed by atoms with van der Waals surface area (Å²) in [4.78, 5) is 11.1. The first-order chi connectivity index (χ1) is 5.38. The van der Waals surface area contributed by atoms with Gasteiger partial charge in [-0.1, -0.05) is 20.8 Å². The van der Waals surface area contributed by atoms with Gasteiger partial charge in [0.15, 0.2) is 0 Å². The van der Waals surface area contributed by atoms with Crippen LogP contribution in [0.25, 0.3) is 0 Å². The minimum absolute atomic E-state index is 0.0834. The number of hydrogen-bond acceptors (Lipinski definition) is 1. The van der Waals surface area contributed by atoms with Crippen molar-refractivity contribution in [3.05, 3.63) is 0 Å². The van der Waals surface area contributed by atoms with Crippen LogP contribution in [-0.2, 0) is 0 Å². The van der Waals surface area contributed by atoms with E-state index in [0.717, 1.165) is 0 Å². The molecule has 0 unspecified atom stereocenters. The summed E-state index contributed by atoms with van der Waals surface area (Å²) in [6, 6.07) is 0.101. The number of carbonyl (C=O) groups excluding carboxylic acids is 1. The smallest absolute Gasteiger partial charge is 0.315 e. The second kappa shape index (κ2) is 4.33. The lowest BCUT2D eigenvalue weighted by Gasteiger charge is -2.27. The Morgan fingerprint density at radius 2 is 1.92 bits per heavy atom. The zero-order valence-electron chi connectivity index (χ0n) is 8.69. The van der Waals surface area contributed by atoms with E-state index >= 15 is 0 Å². The molecule has 0 heterocycles. The Hall–Kier alpha value is -0.730. The maximum atomic E-state index is 11.1. The second-order valence-corrected chi connectivity index (χ2v) is 4.09. The van der Waals surface area contributed by atoms with Gasteiger partial charge in [-0.3, -0.25) is 0 Å². The second-order valence-electron chi connectivity index (χ2n) is 4.09. The van der Waals surface area contributed by atoms with Crippen molar-refractivity contribution < 1.29 is 4.79 Å². The van der Waals surface area contributed by atoms with Gasteiger partial charge in [0.2, 0.25) is 0 Å². The molecule has 72 valence electrons. The third-order valence-electron chi connectivity index (χ3n) is 1.98. The van der Waals surface area contributed by atoms with Crippen molar-refractivity contribution in [1.82, 2.24) is 10.6 Å². The first kappa shape index (κ1) is 11.3. The number of amides is 2. The van der Waals surface area contributed by atoms with Crippen molar-refractivity contribution in [2.45, 2.75) is 40.7 Å². The maximum Gasteiger partial charge on any atom is 0.315 e. The highest BCUT2D eigenvalue weighted by molar-refractivity contribution is 5.74. The van der Waals surface area contributed by atoms with Gasteiger partial charge < -0.3 is 10.6 Å². The van der Waals surface area contributed by atoms with E-state index in [0.29, 0.717) is 6.54 Å². The lowest BCUT2D eigenvalue weighted by molar-refractivity contribution is 0.223. The predicted molar refractivity (Wildman–Crippen MR) is 51.1 cm³/mol. The van der Waals surface area contributed by atoms with E-state index in [2.05, 4.69) is 31.4 Å². The molecule has 1 atom stereocenters. The molecule has 0 rings (SSSR count). The van der Waals surface area contributed by atoms with Crippen LogP contribution in [0.5, 0.6) is 0 Å². The van der Waals surface area contributed by atoms with Crippen LogP contribution in [0.4, 0.5) is 4.79 Å². The molecule has 0 aliphatic heterocycles. The molecule has 0 aliphatic rings. The molecule has 12 heavy (non-hydrogen) atoms. The van der Waals surface area contributed by atoms with Crippen LogP contribution in [0.2, 0.25) is 0 Å². The quantitative estimate of drug-likeness (QED) is 0.654. The Kier molecular flexibility index (Phi) is 4.07. The highest BCUT2D eigenvalue weighted by atomic mass is 16.2. The van der Waals surface area contributed by atoms with Crippen molar-refractivity contribution in [2.75, 3.05) is 6.54 Å². The fourth-order valence-corrected chi connectivity index (χ4v) is 0.625. The molecular weight excluding hydrogens is 152 g/mol. The third-order valence-corrected chi connectivity index (χ3v) is 1.98. The average Bonchev–Trinajstić information content (AvgIpc) is 1.85. The highest BCUT2D eigenvalue weighted by Gasteiger charge is 2.20. The number of hydrogen-bond donors (Lipinski definition) is 2. The minimum atomic E-state index is -0.0834. The molecule has 0 bridgehead atoms. The summed E-state index contributed by atoms with van der Waals surface area (Å²) < 4.78 is 0. The zero-order chi connectivity index (χ0) is 9.78. The molecular formula is C9H20N2O. The van der Waals surface area contributed by atoms with Crippen LogP contribution in [-0.4, -0.2) is 18.6 Å². The van der Waals surface area contributed by atoms with E-state index in [1.807, 2.05) is 13.8 Å². The van der Waals surface area contributed by atoms with Gasteiger partial charge in [0.1, 0.15) is 0 Å². The Balaban J connectivity index is 3.84. The highest BCUT2D eigenvalue weighted by Crippen LogP contribution is 2.17. The summed E-state index contributed by atoms with van der Waals surface area (Å²) >= 11 is 0. The van der Waals surface area contributed by atoms with E-state index in [1.54, 1.807) is 0 Å². The van der Waals surface area contributed by atoms with Crippen molar-refractivity contribution >= 4 is 6.03 Å². The monoisotopic (exact) mass is 172 g/mol. The molecule has 2 N–H and O–H groups in total. The Morgan fingerprint density at radius 3 is 2.25 bits per heavy atom. The molecule has 0 saturated heterocycles. The van der Waals surface area contributed by atoms with Crippen LogP contribution in [0.15, 0.2) is 0 Å². The van der Waals surface area contributed by atoms with Gasteiger partial charge in [0, 0.05) is 12.6 Å². The third kappa shape index (κ3) is 4.21. The molecule has 0 spiro atoms. The predicted octanol–water partition coefficient (Wildman–Crippen LogP) is 1.74. The molecule has 2 amide bonds. The van der Waals surface area contributed by atoms with Crippen LogP contribution < -0.4 is 10.6 Å². The molecule has 0 saturated carbocycles. The largest absolute Gasteiger partial charge is 0.338 e. The molecule has 3 nitrogen and oxygen atoms in total. The van der Waals surface area contributed by atoms with E-state index in [-0.39, 0.29) is 17.5 Å². The van der Waals surface area contributed by atoms with Gasteiger partial charge in [0.05, 0.1) is 0 Å².